The Morgan fingerprint density at radius 3 is 2.66 bits per heavy atom. The Morgan fingerprint density at radius 2 is 2.00 bits per heavy atom. The van der Waals surface area contributed by atoms with Crippen LogP contribution < -0.4 is 4.90 Å². The van der Waals surface area contributed by atoms with Gasteiger partial charge in [-0.1, -0.05) is 23.7 Å². The van der Waals surface area contributed by atoms with Gasteiger partial charge in [-0.05, 0) is 44.0 Å². The molecule has 32 heavy (non-hydrogen) atoms. The number of aromatic nitrogens is 3. The summed E-state index contributed by atoms with van der Waals surface area (Å²) in [4.78, 5) is 6.12. The minimum absolute atomic E-state index is 0.0433. The average Bonchev–Trinajstić information content (AvgIpc) is 3.27. The Bertz CT molecular complexity index is 1040. The van der Waals surface area contributed by atoms with E-state index in [0.717, 1.165) is 43.8 Å². The molecule has 2 aromatic carbocycles. The van der Waals surface area contributed by atoms with E-state index in [1.165, 1.54) is 23.4 Å². The fraction of sp³-hybridized carbons (Fsp3) is 0.391. The first kappa shape index (κ1) is 22.6. The Kier molecular flexibility index (Phi) is 6.74. The fourth-order valence-electron chi connectivity index (χ4n) is 4.16. The Morgan fingerprint density at radius 1 is 1.22 bits per heavy atom. The zero-order valence-electron chi connectivity index (χ0n) is 17.7. The molecule has 2 heterocycles. The van der Waals surface area contributed by atoms with Crippen LogP contribution in [0.25, 0.3) is 0 Å². The second-order valence-corrected chi connectivity index (χ2v) is 8.52. The molecule has 1 aliphatic rings. The molecule has 170 valence electrons. The third-order valence-electron chi connectivity index (χ3n) is 5.95. The third kappa shape index (κ3) is 4.92. The molecular formula is C23H25ClF2N4O2. The van der Waals surface area contributed by atoms with E-state index in [0.29, 0.717) is 5.02 Å². The van der Waals surface area contributed by atoms with Crippen molar-refractivity contribution in [2.75, 3.05) is 18.0 Å². The highest BCUT2D eigenvalue weighted by Gasteiger charge is 2.41. The lowest BCUT2D eigenvalue weighted by molar-refractivity contribution is -0.145. The zero-order chi connectivity index (χ0) is 22.7. The van der Waals surface area contributed by atoms with E-state index in [1.54, 1.807) is 6.92 Å². The van der Waals surface area contributed by atoms with Gasteiger partial charge in [-0.3, -0.25) is 0 Å². The molecule has 0 unspecified atom stereocenters. The zero-order valence-corrected chi connectivity index (χ0v) is 18.4. The second kappa shape index (κ2) is 9.52. The molecule has 0 amide bonds. The van der Waals surface area contributed by atoms with Gasteiger partial charge in [0, 0.05) is 35.4 Å². The highest BCUT2D eigenvalue weighted by molar-refractivity contribution is 6.30. The van der Waals surface area contributed by atoms with Crippen molar-refractivity contribution in [1.82, 2.24) is 14.8 Å². The quantitative estimate of drug-likeness (QED) is 0.571. The van der Waals surface area contributed by atoms with Gasteiger partial charge in [-0.25, -0.2) is 18.4 Å². The van der Waals surface area contributed by atoms with Crippen molar-refractivity contribution in [3.8, 4) is 0 Å². The van der Waals surface area contributed by atoms with Crippen molar-refractivity contribution in [2.45, 2.75) is 44.1 Å². The van der Waals surface area contributed by atoms with E-state index in [1.807, 2.05) is 24.3 Å². The number of hydrogen-bond donors (Lipinski definition) is 1. The second-order valence-electron chi connectivity index (χ2n) is 8.09. The Labute approximate surface area is 190 Å². The maximum atomic E-state index is 14.7. The first-order chi connectivity index (χ1) is 15.3. The number of rotatable bonds is 7. The normalized spacial score (nSPS) is 17.8. The van der Waals surface area contributed by atoms with Crippen LogP contribution in [0.2, 0.25) is 5.02 Å². The van der Waals surface area contributed by atoms with E-state index in [2.05, 4.69) is 15.0 Å². The van der Waals surface area contributed by atoms with Gasteiger partial charge in [0.2, 0.25) is 0 Å². The highest BCUT2D eigenvalue weighted by Crippen LogP contribution is 2.34. The standard InChI is InChI=1S/C23H25ClF2N4O2/c1-16(32-20-7-9-29(10-8-20)19-4-2-3-17(24)11-19)23(31,13-30-15-27-14-28-30)21-6-5-18(25)12-22(21)26/h2-6,11-12,14-16,20,31H,7-10,13H2,1H3/t16-,23-/m1/s1. The van der Waals surface area contributed by atoms with Crippen LogP contribution in [0.1, 0.15) is 25.3 Å². The third-order valence-corrected chi connectivity index (χ3v) is 6.19. The molecule has 4 rings (SSSR count). The monoisotopic (exact) mass is 462 g/mol. The van der Waals surface area contributed by atoms with Gasteiger partial charge in [0.25, 0.3) is 0 Å². The highest BCUT2D eigenvalue weighted by atomic mass is 35.5. The molecule has 1 fully saturated rings. The number of piperidine rings is 1. The predicted octanol–water partition coefficient (Wildman–Crippen LogP) is 4.17. The van der Waals surface area contributed by atoms with Crippen LogP contribution in [0.4, 0.5) is 14.5 Å². The summed E-state index contributed by atoms with van der Waals surface area (Å²) in [7, 11) is 0. The summed E-state index contributed by atoms with van der Waals surface area (Å²) >= 11 is 6.11. The molecule has 0 aliphatic carbocycles. The molecule has 1 N–H and O–H groups in total. The van der Waals surface area contributed by atoms with Crippen molar-refractivity contribution < 1.29 is 18.6 Å². The van der Waals surface area contributed by atoms with Gasteiger partial charge in [0.15, 0.2) is 0 Å². The maximum Gasteiger partial charge on any atom is 0.138 e. The number of benzene rings is 2. The van der Waals surface area contributed by atoms with Crippen molar-refractivity contribution in [1.29, 1.82) is 0 Å². The summed E-state index contributed by atoms with van der Waals surface area (Å²) in [5.74, 6) is -1.55. The van der Waals surface area contributed by atoms with Crippen LogP contribution in [-0.4, -0.2) is 45.2 Å². The number of hydrogen-bond acceptors (Lipinski definition) is 5. The number of aliphatic hydroxyl groups is 1. The lowest BCUT2D eigenvalue weighted by Crippen LogP contribution is -2.47. The fourth-order valence-corrected chi connectivity index (χ4v) is 4.34. The van der Waals surface area contributed by atoms with E-state index in [4.69, 9.17) is 16.3 Å². The molecule has 6 nitrogen and oxygen atoms in total. The summed E-state index contributed by atoms with van der Waals surface area (Å²) in [6.07, 6.45) is 3.34. The molecular weight excluding hydrogens is 438 g/mol. The van der Waals surface area contributed by atoms with Gasteiger partial charge < -0.3 is 14.7 Å². The van der Waals surface area contributed by atoms with E-state index < -0.39 is 23.3 Å². The SMILES string of the molecule is C[C@@H](OC1CCN(c2cccc(Cl)c2)CC1)[C@](O)(Cn1cncn1)c1ccc(F)cc1F. The molecule has 1 aromatic heterocycles. The summed E-state index contributed by atoms with van der Waals surface area (Å²) in [6, 6.07) is 10.8. The van der Waals surface area contributed by atoms with Crippen LogP contribution in [0.15, 0.2) is 55.1 Å². The topological polar surface area (TPSA) is 63.4 Å². The minimum atomic E-state index is -1.77. The van der Waals surface area contributed by atoms with Crippen molar-refractivity contribution in [2.24, 2.45) is 0 Å². The van der Waals surface area contributed by atoms with Crippen molar-refractivity contribution in [3.63, 3.8) is 0 Å². The molecule has 1 aliphatic heterocycles. The van der Waals surface area contributed by atoms with Crippen LogP contribution in [0, 0.1) is 11.6 Å². The van der Waals surface area contributed by atoms with E-state index >= 15 is 0 Å². The first-order valence-corrected chi connectivity index (χ1v) is 10.9. The smallest absolute Gasteiger partial charge is 0.138 e. The molecule has 9 heteroatoms. The maximum absolute atomic E-state index is 14.7. The first-order valence-electron chi connectivity index (χ1n) is 10.5. The van der Waals surface area contributed by atoms with Gasteiger partial charge in [0.05, 0.1) is 18.8 Å². The number of nitrogens with zero attached hydrogens (tertiary/aromatic N) is 4. The molecule has 1 saturated heterocycles. The summed E-state index contributed by atoms with van der Waals surface area (Å²) in [5.41, 5.74) is -0.756. The lowest BCUT2D eigenvalue weighted by atomic mass is 9.87. The predicted molar refractivity (Wildman–Crippen MR) is 118 cm³/mol. The van der Waals surface area contributed by atoms with Crippen LogP contribution in [0.5, 0.6) is 0 Å². The average molecular weight is 463 g/mol. The number of halogens is 3. The molecule has 0 radical (unpaired) electrons. The number of ether oxygens (including phenoxy) is 1. The minimum Gasteiger partial charge on any atom is -0.380 e. The van der Waals surface area contributed by atoms with Crippen molar-refractivity contribution >= 4 is 17.3 Å². The van der Waals surface area contributed by atoms with Gasteiger partial charge in [0.1, 0.15) is 29.9 Å². The lowest BCUT2D eigenvalue weighted by Gasteiger charge is -2.39. The molecule has 0 spiro atoms. The molecule has 2 atom stereocenters. The van der Waals surface area contributed by atoms with Gasteiger partial charge >= 0.3 is 0 Å². The largest absolute Gasteiger partial charge is 0.380 e. The van der Waals surface area contributed by atoms with Crippen molar-refractivity contribution in [3.05, 3.63) is 77.3 Å². The molecule has 0 bridgehead atoms. The number of anilines is 1. The van der Waals surface area contributed by atoms with Crippen LogP contribution in [0.3, 0.4) is 0 Å². The summed E-state index contributed by atoms with van der Waals surface area (Å²) in [5, 5.41) is 16.3. The van der Waals surface area contributed by atoms with E-state index in [-0.39, 0.29) is 18.2 Å². The Hall–Kier alpha value is -2.55. The van der Waals surface area contributed by atoms with E-state index in [9.17, 15) is 13.9 Å². The van der Waals surface area contributed by atoms with Crippen LogP contribution in [-0.2, 0) is 16.9 Å². The molecule has 3 aromatic rings. The van der Waals surface area contributed by atoms with Gasteiger partial charge in [-0.15, -0.1) is 0 Å². The molecule has 0 saturated carbocycles. The van der Waals surface area contributed by atoms with Crippen LogP contribution >= 0.6 is 11.6 Å². The Balaban J connectivity index is 1.49. The summed E-state index contributed by atoms with van der Waals surface area (Å²) in [6.45, 7) is 3.15. The summed E-state index contributed by atoms with van der Waals surface area (Å²) < 4.78 is 35.8. The van der Waals surface area contributed by atoms with Gasteiger partial charge in [-0.2, -0.15) is 5.10 Å².